The summed E-state index contributed by atoms with van der Waals surface area (Å²) >= 11 is 0. The summed E-state index contributed by atoms with van der Waals surface area (Å²) < 4.78 is 5.21. The van der Waals surface area contributed by atoms with Crippen molar-refractivity contribution in [3.8, 4) is 11.4 Å². The van der Waals surface area contributed by atoms with E-state index in [0.29, 0.717) is 30.6 Å². The lowest BCUT2D eigenvalue weighted by Gasteiger charge is -2.05. The Balaban J connectivity index is 1.81. The molecule has 0 aliphatic heterocycles. The summed E-state index contributed by atoms with van der Waals surface area (Å²) in [5, 5.41) is 9.24. The van der Waals surface area contributed by atoms with Crippen LogP contribution in [-0.2, 0) is 16.0 Å². The lowest BCUT2D eigenvalue weighted by molar-refractivity contribution is -0.126. The van der Waals surface area contributed by atoms with Crippen LogP contribution < -0.4 is 10.6 Å². The second-order valence-corrected chi connectivity index (χ2v) is 6.42. The van der Waals surface area contributed by atoms with Crippen LogP contribution in [0.25, 0.3) is 11.4 Å². The molecule has 2 aromatic rings. The van der Waals surface area contributed by atoms with E-state index in [1.54, 1.807) is 0 Å². The number of hydrogen-bond acceptors (Lipinski definition) is 5. The topological polar surface area (TPSA) is 97.1 Å². The molecule has 2 N–H and O–H groups in total. The molecule has 0 fully saturated rings. The molecule has 0 spiro atoms. The summed E-state index contributed by atoms with van der Waals surface area (Å²) in [7, 11) is 0. The molecule has 1 aromatic heterocycles. The fourth-order valence-corrected chi connectivity index (χ4v) is 2.31. The standard InChI is InChI=1S/C19H26N4O3/c1-4-11-20-17(25)12-21-16(24)9-10-18-22-19(23-26-18)15-7-5-14(6-8-15)13(2)3/h5-8,13H,4,9-12H2,1-3H3,(H,20,25)(H,21,24). The third kappa shape index (κ3) is 5.98. The Hall–Kier alpha value is -2.70. The first-order valence-corrected chi connectivity index (χ1v) is 8.96. The fraction of sp³-hybridized carbons (Fsp3) is 0.474. The van der Waals surface area contributed by atoms with E-state index in [1.165, 1.54) is 5.56 Å². The number of aryl methyl sites for hydroxylation is 1. The second kappa shape index (κ2) is 9.70. The van der Waals surface area contributed by atoms with E-state index in [4.69, 9.17) is 4.52 Å². The van der Waals surface area contributed by atoms with Crippen molar-refractivity contribution in [1.29, 1.82) is 0 Å². The predicted molar refractivity (Wildman–Crippen MR) is 98.5 cm³/mol. The third-order valence-electron chi connectivity index (χ3n) is 3.89. The SMILES string of the molecule is CCCNC(=O)CNC(=O)CCc1nc(-c2ccc(C(C)C)cc2)no1. The number of aromatic nitrogens is 2. The summed E-state index contributed by atoms with van der Waals surface area (Å²) in [4.78, 5) is 27.6. The molecule has 0 atom stereocenters. The predicted octanol–water partition coefficient (Wildman–Crippen LogP) is 2.43. The van der Waals surface area contributed by atoms with Crippen molar-refractivity contribution < 1.29 is 14.1 Å². The van der Waals surface area contributed by atoms with Crippen molar-refractivity contribution in [3.63, 3.8) is 0 Å². The Morgan fingerprint density at radius 2 is 1.85 bits per heavy atom. The zero-order valence-electron chi connectivity index (χ0n) is 15.5. The minimum atomic E-state index is -0.224. The Labute approximate surface area is 153 Å². The maximum Gasteiger partial charge on any atom is 0.239 e. The number of rotatable bonds is 9. The number of benzene rings is 1. The van der Waals surface area contributed by atoms with Crippen molar-refractivity contribution in [1.82, 2.24) is 20.8 Å². The van der Waals surface area contributed by atoms with Gasteiger partial charge >= 0.3 is 0 Å². The third-order valence-corrected chi connectivity index (χ3v) is 3.89. The first-order valence-electron chi connectivity index (χ1n) is 8.96. The molecular formula is C19H26N4O3. The second-order valence-electron chi connectivity index (χ2n) is 6.42. The molecule has 7 heteroatoms. The van der Waals surface area contributed by atoms with Crippen LogP contribution >= 0.6 is 0 Å². The van der Waals surface area contributed by atoms with Gasteiger partial charge in [-0.05, 0) is 17.9 Å². The highest BCUT2D eigenvalue weighted by Gasteiger charge is 2.12. The zero-order chi connectivity index (χ0) is 18.9. The Bertz CT molecular complexity index is 723. The average molecular weight is 358 g/mol. The molecule has 2 amide bonds. The van der Waals surface area contributed by atoms with Gasteiger partial charge in [0.15, 0.2) is 0 Å². The van der Waals surface area contributed by atoms with Crippen LogP contribution in [0.3, 0.4) is 0 Å². The van der Waals surface area contributed by atoms with Crippen molar-refractivity contribution >= 4 is 11.8 Å². The molecule has 0 saturated carbocycles. The maximum absolute atomic E-state index is 11.8. The monoisotopic (exact) mass is 358 g/mol. The summed E-state index contributed by atoms with van der Waals surface area (Å²) in [6.07, 6.45) is 1.38. The molecule has 0 aliphatic carbocycles. The maximum atomic E-state index is 11.8. The Morgan fingerprint density at radius 1 is 1.12 bits per heavy atom. The van der Waals surface area contributed by atoms with Crippen molar-refractivity contribution in [2.75, 3.05) is 13.1 Å². The van der Waals surface area contributed by atoms with E-state index in [0.717, 1.165) is 12.0 Å². The van der Waals surface area contributed by atoms with Crippen LogP contribution in [0.4, 0.5) is 0 Å². The number of nitrogens with one attached hydrogen (secondary N) is 2. The molecule has 1 aromatic carbocycles. The van der Waals surface area contributed by atoms with Crippen LogP contribution in [-0.4, -0.2) is 35.0 Å². The fourth-order valence-electron chi connectivity index (χ4n) is 2.31. The Kier molecular flexibility index (Phi) is 7.32. The molecule has 0 bridgehead atoms. The molecule has 0 unspecified atom stereocenters. The van der Waals surface area contributed by atoms with Crippen LogP contribution in [0, 0.1) is 0 Å². The van der Waals surface area contributed by atoms with Gasteiger partial charge in [-0.25, -0.2) is 0 Å². The molecule has 0 aliphatic rings. The quantitative estimate of drug-likeness (QED) is 0.717. The summed E-state index contributed by atoms with van der Waals surface area (Å²) in [5.74, 6) is 0.962. The molecule has 7 nitrogen and oxygen atoms in total. The lowest BCUT2D eigenvalue weighted by Crippen LogP contribution is -2.37. The highest BCUT2D eigenvalue weighted by atomic mass is 16.5. The van der Waals surface area contributed by atoms with Gasteiger partial charge in [0.25, 0.3) is 0 Å². The molecule has 1 heterocycles. The first-order chi connectivity index (χ1) is 12.5. The van der Waals surface area contributed by atoms with Crippen molar-refractivity contribution in [2.24, 2.45) is 0 Å². The van der Waals surface area contributed by atoms with E-state index < -0.39 is 0 Å². The number of hydrogen-bond donors (Lipinski definition) is 2. The normalized spacial score (nSPS) is 10.8. The van der Waals surface area contributed by atoms with Gasteiger partial charge in [-0.15, -0.1) is 0 Å². The summed E-state index contributed by atoms with van der Waals surface area (Å²) in [6.45, 7) is 6.84. The van der Waals surface area contributed by atoms with Gasteiger partial charge in [-0.3, -0.25) is 9.59 Å². The van der Waals surface area contributed by atoms with Gasteiger partial charge in [0.2, 0.25) is 23.5 Å². The van der Waals surface area contributed by atoms with Crippen LogP contribution in [0.5, 0.6) is 0 Å². The largest absolute Gasteiger partial charge is 0.355 e. The smallest absolute Gasteiger partial charge is 0.239 e. The van der Waals surface area contributed by atoms with Gasteiger partial charge in [0.1, 0.15) is 0 Å². The van der Waals surface area contributed by atoms with Crippen LogP contribution in [0.15, 0.2) is 28.8 Å². The minimum absolute atomic E-state index is 0.0177. The van der Waals surface area contributed by atoms with Gasteiger partial charge in [0.05, 0.1) is 6.54 Å². The van der Waals surface area contributed by atoms with Crippen molar-refractivity contribution in [2.45, 2.75) is 46.0 Å². The number of nitrogens with zero attached hydrogens (tertiary/aromatic N) is 2. The average Bonchev–Trinajstić information content (AvgIpc) is 3.12. The Morgan fingerprint density at radius 3 is 2.50 bits per heavy atom. The number of carbonyl (C=O) groups is 2. The van der Waals surface area contributed by atoms with Gasteiger partial charge in [-0.2, -0.15) is 4.98 Å². The highest BCUT2D eigenvalue weighted by molar-refractivity contribution is 5.84. The van der Waals surface area contributed by atoms with Gasteiger partial charge in [0, 0.05) is 24.9 Å². The van der Waals surface area contributed by atoms with E-state index in [1.807, 2.05) is 31.2 Å². The molecule has 0 radical (unpaired) electrons. The highest BCUT2D eigenvalue weighted by Crippen LogP contribution is 2.20. The van der Waals surface area contributed by atoms with E-state index in [-0.39, 0.29) is 24.8 Å². The van der Waals surface area contributed by atoms with E-state index in [2.05, 4.69) is 34.6 Å². The summed E-state index contributed by atoms with van der Waals surface area (Å²) in [5.41, 5.74) is 2.12. The minimum Gasteiger partial charge on any atom is -0.355 e. The molecule has 0 saturated heterocycles. The first kappa shape index (κ1) is 19.6. The number of amides is 2. The van der Waals surface area contributed by atoms with E-state index >= 15 is 0 Å². The van der Waals surface area contributed by atoms with E-state index in [9.17, 15) is 9.59 Å². The summed E-state index contributed by atoms with van der Waals surface area (Å²) in [6, 6.07) is 8.03. The van der Waals surface area contributed by atoms with Crippen LogP contribution in [0.2, 0.25) is 0 Å². The molecular weight excluding hydrogens is 332 g/mol. The van der Waals surface area contributed by atoms with Crippen LogP contribution in [0.1, 0.15) is 51.0 Å². The van der Waals surface area contributed by atoms with Crippen molar-refractivity contribution in [3.05, 3.63) is 35.7 Å². The van der Waals surface area contributed by atoms with Gasteiger partial charge in [-0.1, -0.05) is 50.2 Å². The molecule has 140 valence electrons. The lowest BCUT2D eigenvalue weighted by atomic mass is 10.0. The number of carbonyl (C=O) groups excluding carboxylic acids is 2. The molecule has 26 heavy (non-hydrogen) atoms. The molecule has 2 rings (SSSR count). The zero-order valence-corrected chi connectivity index (χ0v) is 15.5. The van der Waals surface area contributed by atoms with Gasteiger partial charge < -0.3 is 15.2 Å².